The van der Waals surface area contributed by atoms with Crippen LogP contribution >= 0.6 is 22.9 Å². The summed E-state index contributed by atoms with van der Waals surface area (Å²) < 4.78 is 5.86. The SMILES string of the molecule is C=CCN(Cc1ccc(Cl)s1)C(=O)COCCN. The predicted octanol–water partition coefficient (Wildman–Crippen LogP) is 1.89. The summed E-state index contributed by atoms with van der Waals surface area (Å²) in [6.07, 6.45) is 1.69. The van der Waals surface area contributed by atoms with Crippen LogP contribution in [0.3, 0.4) is 0 Å². The van der Waals surface area contributed by atoms with Gasteiger partial charge in [-0.25, -0.2) is 0 Å². The number of halogens is 1. The van der Waals surface area contributed by atoms with Crippen LogP contribution in [0.1, 0.15) is 4.88 Å². The van der Waals surface area contributed by atoms with Crippen LogP contribution in [0.4, 0.5) is 0 Å². The summed E-state index contributed by atoms with van der Waals surface area (Å²) in [5.74, 6) is -0.0760. The third-order valence-corrected chi connectivity index (χ3v) is 3.38. The summed E-state index contributed by atoms with van der Waals surface area (Å²) in [6.45, 7) is 5.50. The molecule has 0 saturated heterocycles. The van der Waals surface area contributed by atoms with Crippen molar-refractivity contribution in [1.82, 2.24) is 4.90 Å². The molecule has 0 spiro atoms. The molecule has 0 unspecified atom stereocenters. The van der Waals surface area contributed by atoms with Crippen LogP contribution < -0.4 is 5.73 Å². The number of rotatable bonds is 8. The van der Waals surface area contributed by atoms with Gasteiger partial charge in [0.25, 0.3) is 0 Å². The van der Waals surface area contributed by atoms with E-state index in [4.69, 9.17) is 22.1 Å². The van der Waals surface area contributed by atoms with E-state index < -0.39 is 0 Å². The minimum Gasteiger partial charge on any atom is -0.370 e. The minimum absolute atomic E-state index is 0.0458. The first-order valence-corrected chi connectivity index (χ1v) is 6.77. The van der Waals surface area contributed by atoms with Gasteiger partial charge in [0.15, 0.2) is 0 Å². The van der Waals surface area contributed by atoms with Gasteiger partial charge in [-0.05, 0) is 12.1 Å². The van der Waals surface area contributed by atoms with Crippen LogP contribution in [0.2, 0.25) is 4.34 Å². The van der Waals surface area contributed by atoms with Crippen molar-refractivity contribution in [3.63, 3.8) is 0 Å². The monoisotopic (exact) mass is 288 g/mol. The van der Waals surface area contributed by atoms with E-state index in [1.807, 2.05) is 12.1 Å². The number of carbonyl (C=O) groups excluding carboxylic acids is 1. The van der Waals surface area contributed by atoms with E-state index in [0.717, 1.165) is 9.21 Å². The second-order valence-corrected chi connectivity index (χ2v) is 5.41. The lowest BCUT2D eigenvalue weighted by Crippen LogP contribution is -2.34. The van der Waals surface area contributed by atoms with Crippen LogP contribution in [-0.4, -0.2) is 37.1 Å². The molecule has 0 saturated carbocycles. The van der Waals surface area contributed by atoms with Gasteiger partial charge in [0.1, 0.15) is 6.61 Å². The first kappa shape index (κ1) is 15.2. The van der Waals surface area contributed by atoms with Crippen molar-refractivity contribution in [2.75, 3.05) is 26.3 Å². The zero-order valence-electron chi connectivity index (χ0n) is 10.1. The number of amides is 1. The first-order chi connectivity index (χ1) is 8.67. The number of hydrogen-bond acceptors (Lipinski definition) is 4. The molecule has 0 aliphatic carbocycles. The highest BCUT2D eigenvalue weighted by molar-refractivity contribution is 7.16. The number of nitrogens with zero attached hydrogens (tertiary/aromatic N) is 1. The van der Waals surface area contributed by atoms with E-state index in [9.17, 15) is 4.79 Å². The van der Waals surface area contributed by atoms with Crippen LogP contribution in [0.15, 0.2) is 24.8 Å². The molecule has 0 aliphatic heterocycles. The Hall–Kier alpha value is -0.880. The van der Waals surface area contributed by atoms with E-state index in [2.05, 4.69) is 6.58 Å². The summed E-state index contributed by atoms with van der Waals surface area (Å²) in [7, 11) is 0. The van der Waals surface area contributed by atoms with Crippen molar-refractivity contribution in [3.8, 4) is 0 Å². The Kier molecular flexibility index (Phi) is 6.97. The van der Waals surface area contributed by atoms with Gasteiger partial charge in [0.2, 0.25) is 5.91 Å². The van der Waals surface area contributed by atoms with Gasteiger partial charge in [0, 0.05) is 18.0 Å². The number of ether oxygens (including phenoxy) is 1. The zero-order valence-corrected chi connectivity index (χ0v) is 11.7. The maximum Gasteiger partial charge on any atom is 0.249 e. The quantitative estimate of drug-likeness (QED) is 0.587. The molecule has 1 amide bonds. The summed E-state index contributed by atoms with van der Waals surface area (Å²) >= 11 is 7.32. The minimum atomic E-state index is -0.0760. The third-order valence-electron chi connectivity index (χ3n) is 2.17. The Morgan fingerprint density at radius 3 is 2.94 bits per heavy atom. The fourth-order valence-corrected chi connectivity index (χ4v) is 2.47. The number of carbonyl (C=O) groups is 1. The molecule has 1 rings (SSSR count). The van der Waals surface area contributed by atoms with Gasteiger partial charge in [0.05, 0.1) is 17.5 Å². The third kappa shape index (κ3) is 5.18. The Labute approximate surface area is 116 Å². The molecule has 0 aromatic carbocycles. The molecule has 0 fully saturated rings. The molecule has 18 heavy (non-hydrogen) atoms. The molecule has 1 aromatic rings. The Morgan fingerprint density at radius 1 is 1.61 bits per heavy atom. The normalized spacial score (nSPS) is 10.3. The van der Waals surface area contributed by atoms with E-state index in [0.29, 0.717) is 26.2 Å². The average molecular weight is 289 g/mol. The molecule has 0 aliphatic rings. The molecule has 1 heterocycles. The summed E-state index contributed by atoms with van der Waals surface area (Å²) in [4.78, 5) is 14.6. The standard InChI is InChI=1S/C12H17ClN2O2S/c1-2-6-15(12(16)9-17-7-5-14)8-10-3-4-11(13)18-10/h2-4H,1,5-9,14H2. The van der Waals surface area contributed by atoms with Crippen LogP contribution in [0.25, 0.3) is 0 Å². The van der Waals surface area contributed by atoms with Crippen molar-refractivity contribution in [1.29, 1.82) is 0 Å². The lowest BCUT2D eigenvalue weighted by molar-refractivity contribution is -0.136. The molecule has 4 nitrogen and oxygen atoms in total. The average Bonchev–Trinajstić information content (AvgIpc) is 2.74. The largest absolute Gasteiger partial charge is 0.370 e. The smallest absolute Gasteiger partial charge is 0.249 e. The predicted molar refractivity (Wildman–Crippen MR) is 74.8 cm³/mol. The highest BCUT2D eigenvalue weighted by atomic mass is 35.5. The van der Waals surface area contributed by atoms with Gasteiger partial charge in [-0.1, -0.05) is 17.7 Å². The van der Waals surface area contributed by atoms with Crippen molar-refractivity contribution in [3.05, 3.63) is 34.0 Å². The fraction of sp³-hybridized carbons (Fsp3) is 0.417. The zero-order chi connectivity index (χ0) is 13.4. The molecular formula is C12H17ClN2O2S. The van der Waals surface area contributed by atoms with Gasteiger partial charge < -0.3 is 15.4 Å². The van der Waals surface area contributed by atoms with Crippen molar-refractivity contribution < 1.29 is 9.53 Å². The highest BCUT2D eigenvalue weighted by Gasteiger charge is 2.13. The molecule has 0 bridgehead atoms. The van der Waals surface area contributed by atoms with Gasteiger partial charge in [-0.3, -0.25) is 4.79 Å². The summed E-state index contributed by atoms with van der Waals surface area (Å²) in [5.41, 5.74) is 5.30. The van der Waals surface area contributed by atoms with Gasteiger partial charge in [-0.2, -0.15) is 0 Å². The van der Waals surface area contributed by atoms with Crippen LogP contribution in [-0.2, 0) is 16.1 Å². The molecule has 6 heteroatoms. The molecule has 100 valence electrons. The number of nitrogens with two attached hydrogens (primary N) is 1. The molecular weight excluding hydrogens is 272 g/mol. The van der Waals surface area contributed by atoms with Gasteiger partial charge in [-0.15, -0.1) is 17.9 Å². The van der Waals surface area contributed by atoms with Crippen LogP contribution in [0.5, 0.6) is 0 Å². The second-order valence-electron chi connectivity index (χ2n) is 3.61. The van der Waals surface area contributed by atoms with E-state index >= 15 is 0 Å². The van der Waals surface area contributed by atoms with E-state index in [1.165, 1.54) is 11.3 Å². The maximum absolute atomic E-state index is 11.9. The van der Waals surface area contributed by atoms with Crippen LogP contribution in [0, 0.1) is 0 Å². The molecule has 2 N–H and O–H groups in total. The number of thiophene rings is 1. The van der Waals surface area contributed by atoms with E-state index in [1.54, 1.807) is 11.0 Å². The molecule has 0 atom stereocenters. The Bertz CT molecular complexity index is 395. The van der Waals surface area contributed by atoms with E-state index in [-0.39, 0.29) is 12.5 Å². The van der Waals surface area contributed by atoms with Crippen molar-refractivity contribution >= 4 is 28.8 Å². The lowest BCUT2D eigenvalue weighted by atomic mass is 10.4. The van der Waals surface area contributed by atoms with Gasteiger partial charge >= 0.3 is 0 Å². The fourth-order valence-electron chi connectivity index (χ4n) is 1.37. The first-order valence-electron chi connectivity index (χ1n) is 5.58. The Balaban J connectivity index is 2.52. The highest BCUT2D eigenvalue weighted by Crippen LogP contribution is 2.22. The van der Waals surface area contributed by atoms with Crippen molar-refractivity contribution in [2.24, 2.45) is 5.73 Å². The topological polar surface area (TPSA) is 55.6 Å². The maximum atomic E-state index is 11.9. The molecule has 1 aromatic heterocycles. The summed E-state index contributed by atoms with van der Waals surface area (Å²) in [5, 5.41) is 0. The lowest BCUT2D eigenvalue weighted by Gasteiger charge is -2.20. The van der Waals surface area contributed by atoms with Crippen molar-refractivity contribution in [2.45, 2.75) is 6.54 Å². The Morgan fingerprint density at radius 2 is 2.39 bits per heavy atom. The summed E-state index contributed by atoms with van der Waals surface area (Å²) in [6, 6.07) is 3.74. The number of hydrogen-bond donors (Lipinski definition) is 1. The second kappa shape index (κ2) is 8.26. The molecule has 0 radical (unpaired) electrons.